The van der Waals surface area contributed by atoms with Crippen molar-refractivity contribution in [3.05, 3.63) is 35.9 Å². The normalized spacial score (nSPS) is 19.9. The van der Waals surface area contributed by atoms with Crippen LogP contribution in [0.4, 0.5) is 13.2 Å². The van der Waals surface area contributed by atoms with Crippen LogP contribution in [0.25, 0.3) is 0 Å². The first kappa shape index (κ1) is 17.7. The topological polar surface area (TPSA) is 40.5 Å². The Hall–Kier alpha value is -1.40. The summed E-state index contributed by atoms with van der Waals surface area (Å²) >= 11 is 0. The maximum absolute atomic E-state index is 12.7. The summed E-state index contributed by atoms with van der Waals surface area (Å²) in [6.07, 6.45) is -4.44. The van der Waals surface area contributed by atoms with Crippen LogP contribution in [-0.4, -0.2) is 41.7 Å². The van der Waals surface area contributed by atoms with Gasteiger partial charge < -0.3 is 5.11 Å². The smallest absolute Gasteiger partial charge is 0.397 e. The van der Waals surface area contributed by atoms with E-state index in [0.29, 0.717) is 13.1 Å². The van der Waals surface area contributed by atoms with E-state index < -0.39 is 17.9 Å². The highest BCUT2D eigenvalue weighted by Gasteiger charge is 2.46. The fourth-order valence-corrected chi connectivity index (χ4v) is 2.17. The third-order valence-corrected chi connectivity index (χ3v) is 3.15. The summed E-state index contributed by atoms with van der Waals surface area (Å²) in [5.74, 6) is -2.51. The number of alkyl halides is 3. The molecule has 3 nitrogen and oxygen atoms in total. The average Bonchev–Trinajstić information content (AvgIpc) is 2.42. The average molecular weight is 303 g/mol. The molecule has 0 bridgehead atoms. The number of hydrogen-bond acceptors (Lipinski definition) is 3. The van der Waals surface area contributed by atoms with Crippen LogP contribution in [-0.2, 0) is 11.3 Å². The van der Waals surface area contributed by atoms with Crippen LogP contribution >= 0.6 is 0 Å². The van der Waals surface area contributed by atoms with Gasteiger partial charge in [0.1, 0.15) is 11.7 Å². The Bertz CT molecular complexity index is 434. The number of nitrogens with zero attached hydrogens (tertiary/aromatic N) is 1. The molecular weight excluding hydrogens is 283 g/mol. The van der Waals surface area contributed by atoms with Crippen molar-refractivity contribution in [2.45, 2.75) is 26.1 Å². The van der Waals surface area contributed by atoms with Gasteiger partial charge in [0.25, 0.3) is 0 Å². The van der Waals surface area contributed by atoms with Crippen molar-refractivity contribution in [2.75, 3.05) is 19.7 Å². The van der Waals surface area contributed by atoms with Crippen LogP contribution in [0.15, 0.2) is 30.3 Å². The molecule has 0 amide bonds. The van der Waals surface area contributed by atoms with Crippen LogP contribution in [0.5, 0.6) is 0 Å². The van der Waals surface area contributed by atoms with Crippen LogP contribution < -0.4 is 0 Å². The van der Waals surface area contributed by atoms with Crippen molar-refractivity contribution < 1.29 is 23.1 Å². The molecule has 1 fully saturated rings. The first-order chi connectivity index (χ1) is 9.88. The van der Waals surface area contributed by atoms with Crippen molar-refractivity contribution in [1.82, 2.24) is 4.90 Å². The number of halogens is 3. The fraction of sp³-hybridized carbons (Fsp3) is 0.533. The molecule has 0 radical (unpaired) electrons. The Morgan fingerprint density at radius 3 is 2.38 bits per heavy atom. The van der Waals surface area contributed by atoms with Crippen LogP contribution in [0, 0.1) is 5.92 Å². The van der Waals surface area contributed by atoms with Crippen molar-refractivity contribution >= 4 is 5.78 Å². The number of ketones is 1. The number of aliphatic hydroxyl groups is 1. The molecule has 21 heavy (non-hydrogen) atoms. The molecule has 1 aliphatic heterocycles. The lowest BCUT2D eigenvalue weighted by Crippen LogP contribution is -2.46. The number of likely N-dealkylation sites (tertiary alicyclic amines) is 1. The molecule has 1 saturated heterocycles. The van der Waals surface area contributed by atoms with Gasteiger partial charge in [-0.15, -0.1) is 0 Å². The molecule has 118 valence electrons. The van der Waals surface area contributed by atoms with Crippen LogP contribution in [0.1, 0.15) is 18.9 Å². The number of carbonyl (C=O) groups is 1. The molecule has 2 rings (SSSR count). The highest BCUT2D eigenvalue weighted by molar-refractivity contribution is 5.82. The summed E-state index contributed by atoms with van der Waals surface area (Å²) < 4.78 is 38.0. The maximum atomic E-state index is 12.7. The summed E-state index contributed by atoms with van der Waals surface area (Å²) in [5.41, 5.74) is 0.966. The Morgan fingerprint density at radius 1 is 1.29 bits per heavy atom. The van der Waals surface area contributed by atoms with E-state index in [1.165, 1.54) is 0 Å². The monoisotopic (exact) mass is 303 g/mol. The van der Waals surface area contributed by atoms with E-state index in [2.05, 4.69) is 0 Å². The SMILES string of the molecule is CCO.O=C1CCN(Cc2ccccc2)CC1C(F)(F)F. The Morgan fingerprint density at radius 2 is 1.86 bits per heavy atom. The molecule has 1 aromatic rings. The van der Waals surface area contributed by atoms with Gasteiger partial charge in [0, 0.05) is 32.7 Å². The molecular formula is C15H20F3NO2. The van der Waals surface area contributed by atoms with E-state index in [1.807, 2.05) is 30.3 Å². The third-order valence-electron chi connectivity index (χ3n) is 3.15. The van der Waals surface area contributed by atoms with Crippen LogP contribution in [0.3, 0.4) is 0 Å². The number of aliphatic hydroxyl groups excluding tert-OH is 1. The molecule has 6 heteroatoms. The lowest BCUT2D eigenvalue weighted by molar-refractivity contribution is -0.189. The number of piperidine rings is 1. The quantitative estimate of drug-likeness (QED) is 0.913. The van der Waals surface area contributed by atoms with Crippen molar-refractivity contribution in [1.29, 1.82) is 0 Å². The lowest BCUT2D eigenvalue weighted by Gasteiger charge is -2.32. The molecule has 0 aliphatic carbocycles. The molecule has 1 aromatic carbocycles. The summed E-state index contributed by atoms with van der Waals surface area (Å²) in [6.45, 7) is 2.57. The predicted molar refractivity (Wildman–Crippen MR) is 73.6 cm³/mol. The van der Waals surface area contributed by atoms with Crippen molar-refractivity contribution in [2.24, 2.45) is 5.92 Å². The second-order valence-corrected chi connectivity index (χ2v) is 4.85. The van der Waals surface area contributed by atoms with Gasteiger partial charge in [-0.3, -0.25) is 9.69 Å². The zero-order chi connectivity index (χ0) is 15.9. The number of carbonyl (C=O) groups excluding carboxylic acids is 1. The van der Waals surface area contributed by atoms with E-state index in [-0.39, 0.29) is 19.6 Å². The molecule has 0 spiro atoms. The summed E-state index contributed by atoms with van der Waals surface area (Å²) in [7, 11) is 0. The number of benzene rings is 1. The van der Waals surface area contributed by atoms with Gasteiger partial charge in [0.05, 0.1) is 0 Å². The fourth-order valence-electron chi connectivity index (χ4n) is 2.17. The highest BCUT2D eigenvalue weighted by atomic mass is 19.4. The Balaban J connectivity index is 0.000000677. The lowest BCUT2D eigenvalue weighted by atomic mass is 9.95. The second kappa shape index (κ2) is 8.14. The van der Waals surface area contributed by atoms with Gasteiger partial charge >= 0.3 is 6.18 Å². The zero-order valence-corrected chi connectivity index (χ0v) is 11.9. The Labute approximate surface area is 122 Å². The third kappa shape index (κ3) is 5.85. The molecule has 1 unspecified atom stereocenters. The van der Waals surface area contributed by atoms with Gasteiger partial charge in [-0.2, -0.15) is 13.2 Å². The van der Waals surface area contributed by atoms with Gasteiger partial charge in [-0.05, 0) is 12.5 Å². The minimum Gasteiger partial charge on any atom is -0.397 e. The van der Waals surface area contributed by atoms with Gasteiger partial charge in [-0.25, -0.2) is 0 Å². The van der Waals surface area contributed by atoms with Crippen LogP contribution in [0.2, 0.25) is 0 Å². The van der Waals surface area contributed by atoms with Crippen molar-refractivity contribution in [3.8, 4) is 0 Å². The molecule has 1 heterocycles. The van der Waals surface area contributed by atoms with E-state index in [9.17, 15) is 18.0 Å². The molecule has 1 N–H and O–H groups in total. The van der Waals surface area contributed by atoms with E-state index in [1.54, 1.807) is 11.8 Å². The molecule has 0 aromatic heterocycles. The highest BCUT2D eigenvalue weighted by Crippen LogP contribution is 2.31. The standard InChI is InChI=1S/C13H14F3NO.C2H6O/c14-13(15,16)11-9-17(7-6-12(11)18)8-10-4-2-1-3-5-10;1-2-3/h1-5,11H,6-9H2;3H,2H2,1H3. The zero-order valence-electron chi connectivity index (χ0n) is 11.9. The molecule has 1 aliphatic rings. The van der Waals surface area contributed by atoms with Gasteiger partial charge in [-0.1, -0.05) is 30.3 Å². The van der Waals surface area contributed by atoms with E-state index >= 15 is 0 Å². The number of Topliss-reactive ketones (excluding diaryl/α,β-unsaturated/α-hetero) is 1. The van der Waals surface area contributed by atoms with Gasteiger partial charge in [0.15, 0.2) is 0 Å². The predicted octanol–water partition coefficient (Wildman–Crippen LogP) is 2.64. The van der Waals surface area contributed by atoms with E-state index in [0.717, 1.165) is 5.56 Å². The first-order valence-corrected chi connectivity index (χ1v) is 6.85. The summed E-state index contributed by atoms with van der Waals surface area (Å²) in [4.78, 5) is 13.0. The number of hydrogen-bond donors (Lipinski definition) is 1. The molecule has 1 atom stereocenters. The maximum Gasteiger partial charge on any atom is 0.399 e. The minimum absolute atomic E-state index is 0.0169. The number of rotatable bonds is 2. The van der Waals surface area contributed by atoms with Gasteiger partial charge in [0.2, 0.25) is 0 Å². The van der Waals surface area contributed by atoms with E-state index in [4.69, 9.17) is 5.11 Å². The largest absolute Gasteiger partial charge is 0.399 e. The summed E-state index contributed by atoms with van der Waals surface area (Å²) in [5, 5.41) is 7.57. The Kier molecular flexibility index (Phi) is 6.84. The second-order valence-electron chi connectivity index (χ2n) is 4.85. The van der Waals surface area contributed by atoms with Crippen molar-refractivity contribution in [3.63, 3.8) is 0 Å². The minimum atomic E-state index is -4.42. The first-order valence-electron chi connectivity index (χ1n) is 6.85. The molecule has 0 saturated carbocycles. The summed E-state index contributed by atoms with van der Waals surface area (Å²) in [6, 6.07) is 9.32.